The van der Waals surface area contributed by atoms with Gasteiger partial charge in [-0.05, 0) is 55.4 Å². The van der Waals surface area contributed by atoms with Gasteiger partial charge in [-0.25, -0.2) is 0 Å². The number of pyridine rings is 1. The molecule has 9 heteroatoms. The topological polar surface area (TPSA) is 60.5 Å². The number of rotatable bonds is 7. The lowest BCUT2D eigenvalue weighted by atomic mass is 10.0. The number of piperazine rings is 1. The molecule has 1 aliphatic heterocycles. The number of likely N-dealkylation sites (N-methyl/N-ethyl adjacent to an activating group) is 1. The van der Waals surface area contributed by atoms with Crippen LogP contribution in [-0.2, 0) is 17.5 Å². The lowest BCUT2D eigenvalue weighted by molar-refractivity contribution is -0.138. The minimum Gasteiger partial charge on any atom is -0.376 e. The fraction of sp³-hybridized carbons (Fsp3) is 0.333. The van der Waals surface area contributed by atoms with Crippen LogP contribution in [0.25, 0.3) is 11.1 Å². The van der Waals surface area contributed by atoms with E-state index in [1.807, 2.05) is 55.3 Å². The van der Waals surface area contributed by atoms with E-state index in [9.17, 15) is 18.0 Å². The van der Waals surface area contributed by atoms with Crippen LogP contribution in [0, 0.1) is 6.92 Å². The highest BCUT2D eigenvalue weighted by molar-refractivity contribution is 5.94. The van der Waals surface area contributed by atoms with Crippen molar-refractivity contribution in [2.24, 2.45) is 0 Å². The number of hydrogen-bond acceptors (Lipinski definition) is 5. The average molecular weight is 498 g/mol. The number of nitrogens with zero attached hydrogens (tertiary/aromatic N) is 3. The highest BCUT2D eigenvalue weighted by atomic mass is 19.4. The zero-order valence-electron chi connectivity index (χ0n) is 20.4. The molecule has 6 nitrogen and oxygen atoms in total. The van der Waals surface area contributed by atoms with Gasteiger partial charge in [-0.15, -0.1) is 0 Å². The van der Waals surface area contributed by atoms with Gasteiger partial charge in [-0.3, -0.25) is 14.7 Å². The van der Waals surface area contributed by atoms with E-state index in [4.69, 9.17) is 0 Å². The molecule has 2 N–H and O–H groups in total. The average Bonchev–Trinajstić information content (AvgIpc) is 2.85. The van der Waals surface area contributed by atoms with Gasteiger partial charge in [0.05, 0.1) is 12.1 Å². The summed E-state index contributed by atoms with van der Waals surface area (Å²) in [6, 6.07) is 15.5. The maximum atomic E-state index is 13.8. The van der Waals surface area contributed by atoms with Crippen LogP contribution < -0.4 is 10.6 Å². The van der Waals surface area contributed by atoms with Crippen molar-refractivity contribution in [3.05, 3.63) is 77.6 Å². The summed E-state index contributed by atoms with van der Waals surface area (Å²) in [5, 5.41) is 5.58. The summed E-state index contributed by atoms with van der Waals surface area (Å²) in [7, 11) is 2.00. The fourth-order valence-corrected chi connectivity index (χ4v) is 4.11. The van der Waals surface area contributed by atoms with Gasteiger partial charge in [0.15, 0.2) is 0 Å². The number of aromatic nitrogens is 1. The molecule has 0 saturated carbocycles. The summed E-state index contributed by atoms with van der Waals surface area (Å²) in [6.07, 6.45) is -2.70. The van der Waals surface area contributed by atoms with Crippen LogP contribution in [0.1, 0.15) is 16.8 Å². The third kappa shape index (κ3) is 6.83. The number of carbonyl (C=O) groups excluding carboxylic acids is 1. The molecule has 3 aromatic rings. The largest absolute Gasteiger partial charge is 0.416 e. The molecule has 1 aromatic heterocycles. The number of aryl methyl sites for hydroxylation is 1. The molecule has 36 heavy (non-hydrogen) atoms. The van der Waals surface area contributed by atoms with Gasteiger partial charge in [0, 0.05) is 61.6 Å². The van der Waals surface area contributed by atoms with Crippen molar-refractivity contribution in [2.45, 2.75) is 19.6 Å². The van der Waals surface area contributed by atoms with Crippen LogP contribution in [0.3, 0.4) is 0 Å². The Hall–Kier alpha value is -3.43. The smallest absolute Gasteiger partial charge is 0.376 e. The quantitative estimate of drug-likeness (QED) is 0.488. The molecule has 0 spiro atoms. The van der Waals surface area contributed by atoms with Crippen molar-refractivity contribution in [1.29, 1.82) is 0 Å². The lowest BCUT2D eigenvalue weighted by Gasteiger charge is -2.33. The molecule has 0 radical (unpaired) electrons. The summed E-state index contributed by atoms with van der Waals surface area (Å²) >= 11 is 0. The van der Waals surface area contributed by atoms with E-state index in [1.165, 1.54) is 12.1 Å². The first-order valence-corrected chi connectivity index (χ1v) is 11.9. The van der Waals surface area contributed by atoms with Gasteiger partial charge in [0.2, 0.25) is 5.91 Å². The first-order chi connectivity index (χ1) is 17.2. The predicted octanol–water partition coefficient (Wildman–Crippen LogP) is 4.87. The minimum atomic E-state index is -4.50. The van der Waals surface area contributed by atoms with Gasteiger partial charge >= 0.3 is 6.18 Å². The number of hydrogen-bond donors (Lipinski definition) is 2. The summed E-state index contributed by atoms with van der Waals surface area (Å²) < 4.78 is 41.3. The Labute approximate surface area is 209 Å². The van der Waals surface area contributed by atoms with E-state index in [0.29, 0.717) is 0 Å². The van der Waals surface area contributed by atoms with Crippen molar-refractivity contribution in [1.82, 2.24) is 14.8 Å². The van der Waals surface area contributed by atoms with E-state index < -0.39 is 17.6 Å². The van der Waals surface area contributed by atoms with Crippen LogP contribution in [-0.4, -0.2) is 60.5 Å². The Balaban J connectivity index is 1.35. The molecular weight excluding hydrogens is 467 g/mol. The number of benzene rings is 2. The standard InChI is InChI=1S/C27H30F3N5O/c1-19-3-4-21(16-31-19)20-5-8-23(9-6-20)32-17-26(36)33-24-10-7-22(25(15-24)27(28,29)30)18-35-13-11-34(2)12-14-35/h3-10,15-16,32H,11-14,17-18H2,1-2H3,(H,33,36). The van der Waals surface area contributed by atoms with Gasteiger partial charge in [0.1, 0.15) is 0 Å². The summed E-state index contributed by atoms with van der Waals surface area (Å²) in [6.45, 7) is 5.18. The van der Waals surface area contributed by atoms with Crippen LogP contribution in [0.2, 0.25) is 0 Å². The molecule has 1 saturated heterocycles. The van der Waals surface area contributed by atoms with E-state index in [2.05, 4.69) is 20.5 Å². The van der Waals surface area contributed by atoms with Crippen LogP contribution in [0.15, 0.2) is 60.8 Å². The van der Waals surface area contributed by atoms with Crippen molar-refractivity contribution in [2.75, 3.05) is 50.4 Å². The molecule has 1 fully saturated rings. The molecule has 0 unspecified atom stereocenters. The molecule has 0 aliphatic carbocycles. The number of carbonyl (C=O) groups is 1. The molecular formula is C27H30F3N5O. The fourth-order valence-electron chi connectivity index (χ4n) is 4.11. The zero-order valence-corrected chi connectivity index (χ0v) is 20.4. The number of halogens is 3. The van der Waals surface area contributed by atoms with Gasteiger partial charge in [-0.2, -0.15) is 13.2 Å². The lowest BCUT2D eigenvalue weighted by Crippen LogP contribution is -2.44. The predicted molar refractivity (Wildman–Crippen MR) is 136 cm³/mol. The summed E-state index contributed by atoms with van der Waals surface area (Å²) in [4.78, 5) is 20.9. The Morgan fingerprint density at radius 3 is 2.25 bits per heavy atom. The Morgan fingerprint density at radius 2 is 1.61 bits per heavy atom. The van der Waals surface area contributed by atoms with Crippen molar-refractivity contribution in [3.63, 3.8) is 0 Å². The maximum absolute atomic E-state index is 13.8. The molecule has 190 valence electrons. The molecule has 1 aliphatic rings. The second-order valence-electron chi connectivity index (χ2n) is 9.12. The van der Waals surface area contributed by atoms with Crippen molar-refractivity contribution >= 4 is 17.3 Å². The number of nitrogens with one attached hydrogen (secondary N) is 2. The van der Waals surface area contributed by atoms with Gasteiger partial charge in [-0.1, -0.05) is 24.3 Å². The molecule has 0 atom stereocenters. The maximum Gasteiger partial charge on any atom is 0.416 e. The monoisotopic (exact) mass is 497 g/mol. The van der Waals surface area contributed by atoms with Crippen LogP contribution in [0.5, 0.6) is 0 Å². The van der Waals surface area contributed by atoms with E-state index >= 15 is 0 Å². The Bertz CT molecular complexity index is 1170. The van der Waals surface area contributed by atoms with E-state index in [0.717, 1.165) is 54.8 Å². The van der Waals surface area contributed by atoms with Gasteiger partial charge in [0.25, 0.3) is 0 Å². The highest BCUT2D eigenvalue weighted by Crippen LogP contribution is 2.34. The minimum absolute atomic E-state index is 0.0736. The molecule has 2 aromatic carbocycles. The number of anilines is 2. The third-order valence-electron chi connectivity index (χ3n) is 6.27. The van der Waals surface area contributed by atoms with Gasteiger partial charge < -0.3 is 15.5 Å². The molecule has 4 rings (SSSR count). The third-order valence-corrected chi connectivity index (χ3v) is 6.27. The van der Waals surface area contributed by atoms with E-state index in [-0.39, 0.29) is 24.3 Å². The first kappa shape index (κ1) is 25.7. The molecule has 1 amide bonds. The number of amides is 1. The Morgan fingerprint density at radius 1 is 0.944 bits per heavy atom. The second kappa shape index (κ2) is 11.1. The van der Waals surface area contributed by atoms with Crippen LogP contribution >= 0.6 is 0 Å². The Kier molecular flexibility index (Phi) is 7.91. The molecule has 2 heterocycles. The van der Waals surface area contributed by atoms with Crippen molar-refractivity contribution in [3.8, 4) is 11.1 Å². The second-order valence-corrected chi connectivity index (χ2v) is 9.12. The summed E-state index contributed by atoms with van der Waals surface area (Å²) in [5.41, 5.74) is 3.27. The zero-order chi connectivity index (χ0) is 25.7. The SMILES string of the molecule is Cc1ccc(-c2ccc(NCC(=O)Nc3ccc(CN4CCN(C)CC4)c(C(F)(F)F)c3)cc2)cn1. The van der Waals surface area contributed by atoms with Crippen LogP contribution in [0.4, 0.5) is 24.5 Å². The first-order valence-electron chi connectivity index (χ1n) is 11.9. The van der Waals surface area contributed by atoms with Crippen molar-refractivity contribution < 1.29 is 18.0 Å². The van der Waals surface area contributed by atoms with E-state index in [1.54, 1.807) is 6.20 Å². The number of alkyl halides is 3. The normalized spacial score (nSPS) is 15.0. The molecule has 0 bridgehead atoms. The summed E-state index contributed by atoms with van der Waals surface area (Å²) in [5.74, 6) is -0.429. The highest BCUT2D eigenvalue weighted by Gasteiger charge is 2.34.